The molecule has 1 aliphatic heterocycles. The van der Waals surface area contributed by atoms with E-state index in [1.807, 2.05) is 0 Å². The highest BCUT2D eigenvalue weighted by Crippen LogP contribution is 2.31. The van der Waals surface area contributed by atoms with E-state index in [0.29, 0.717) is 30.6 Å². The Labute approximate surface area is 156 Å². The van der Waals surface area contributed by atoms with Crippen molar-refractivity contribution < 1.29 is 22.7 Å². The van der Waals surface area contributed by atoms with E-state index in [0.717, 1.165) is 37.0 Å². The monoisotopic (exact) mass is 390 g/mol. The van der Waals surface area contributed by atoms with Crippen LogP contribution in [0.5, 0.6) is 0 Å². The molecule has 4 nitrogen and oxygen atoms in total. The molecular weight excluding hydrogens is 365 g/mol. The van der Waals surface area contributed by atoms with E-state index < -0.39 is 11.7 Å². The standard InChI is InChI=1S/C18H25F3N2O2S/c1-13(2)16(23-6-8-25-9-7-23)11-22-17(24)12-26-15-5-3-4-14(10-15)18(19,20)21/h3-5,10,13,16H,6-9,11-12H2,1-2H3,(H,22,24). The van der Waals surface area contributed by atoms with Gasteiger partial charge in [-0.15, -0.1) is 11.8 Å². The van der Waals surface area contributed by atoms with Gasteiger partial charge in [0.1, 0.15) is 0 Å². The highest BCUT2D eigenvalue weighted by molar-refractivity contribution is 8.00. The zero-order chi connectivity index (χ0) is 19.2. The summed E-state index contributed by atoms with van der Waals surface area (Å²) in [6, 6.07) is 5.26. The molecule has 1 atom stereocenters. The smallest absolute Gasteiger partial charge is 0.379 e. The molecule has 0 aromatic heterocycles. The average molecular weight is 390 g/mol. The number of nitrogens with one attached hydrogen (secondary N) is 1. The molecular formula is C18H25F3N2O2S. The van der Waals surface area contributed by atoms with E-state index in [1.165, 1.54) is 6.07 Å². The molecule has 1 saturated heterocycles. The number of rotatable bonds is 7. The van der Waals surface area contributed by atoms with Gasteiger partial charge in [-0.1, -0.05) is 19.9 Å². The second kappa shape index (κ2) is 9.62. The summed E-state index contributed by atoms with van der Waals surface area (Å²) < 4.78 is 43.5. The third-order valence-corrected chi connectivity index (χ3v) is 5.32. The lowest BCUT2D eigenvalue weighted by Crippen LogP contribution is -2.51. The van der Waals surface area contributed by atoms with Crippen molar-refractivity contribution in [2.24, 2.45) is 5.92 Å². The first-order valence-corrected chi connectivity index (χ1v) is 9.64. The van der Waals surface area contributed by atoms with Crippen molar-refractivity contribution in [2.45, 2.75) is 31.0 Å². The fourth-order valence-electron chi connectivity index (χ4n) is 2.88. The minimum Gasteiger partial charge on any atom is -0.379 e. The third kappa shape index (κ3) is 6.48. The second-order valence-electron chi connectivity index (χ2n) is 6.58. The number of carbonyl (C=O) groups is 1. The number of halogens is 3. The van der Waals surface area contributed by atoms with E-state index in [1.54, 1.807) is 6.07 Å². The van der Waals surface area contributed by atoms with Gasteiger partial charge in [0.15, 0.2) is 0 Å². The Balaban J connectivity index is 1.82. The first-order valence-electron chi connectivity index (χ1n) is 8.66. The van der Waals surface area contributed by atoms with Crippen molar-refractivity contribution in [2.75, 3.05) is 38.6 Å². The molecule has 1 unspecified atom stereocenters. The van der Waals surface area contributed by atoms with Crippen molar-refractivity contribution in [3.8, 4) is 0 Å². The summed E-state index contributed by atoms with van der Waals surface area (Å²) >= 11 is 1.11. The summed E-state index contributed by atoms with van der Waals surface area (Å²) in [7, 11) is 0. The van der Waals surface area contributed by atoms with Gasteiger partial charge in [-0.2, -0.15) is 13.2 Å². The van der Waals surface area contributed by atoms with Crippen LogP contribution in [0, 0.1) is 5.92 Å². The number of amides is 1. The van der Waals surface area contributed by atoms with Gasteiger partial charge in [0, 0.05) is 30.6 Å². The van der Waals surface area contributed by atoms with Gasteiger partial charge in [-0.3, -0.25) is 9.69 Å². The Kier molecular flexibility index (Phi) is 7.79. The summed E-state index contributed by atoms with van der Waals surface area (Å²) in [6.07, 6.45) is -4.37. The highest BCUT2D eigenvalue weighted by Gasteiger charge is 2.30. The summed E-state index contributed by atoms with van der Waals surface area (Å²) in [5.74, 6) is 0.297. The van der Waals surface area contributed by atoms with E-state index in [4.69, 9.17) is 4.74 Å². The number of hydrogen-bond donors (Lipinski definition) is 1. The lowest BCUT2D eigenvalue weighted by atomic mass is 10.0. The number of ether oxygens (including phenoxy) is 1. The summed E-state index contributed by atoms with van der Waals surface area (Å²) in [4.78, 5) is 14.9. The number of nitrogens with zero attached hydrogens (tertiary/aromatic N) is 1. The molecule has 2 rings (SSSR count). The number of carbonyl (C=O) groups excluding carboxylic acids is 1. The van der Waals surface area contributed by atoms with Crippen LogP contribution in [0.15, 0.2) is 29.2 Å². The predicted molar refractivity (Wildman–Crippen MR) is 96.2 cm³/mol. The SMILES string of the molecule is CC(C)C(CNC(=O)CSc1cccc(C(F)(F)F)c1)N1CCOCC1. The lowest BCUT2D eigenvalue weighted by molar-refractivity contribution is -0.137. The van der Waals surface area contributed by atoms with E-state index in [2.05, 4.69) is 24.1 Å². The minimum absolute atomic E-state index is 0.0925. The van der Waals surface area contributed by atoms with Crippen molar-refractivity contribution in [3.05, 3.63) is 29.8 Å². The highest BCUT2D eigenvalue weighted by atomic mass is 32.2. The molecule has 0 saturated carbocycles. The molecule has 1 heterocycles. The molecule has 8 heteroatoms. The van der Waals surface area contributed by atoms with Crippen LogP contribution in [-0.2, 0) is 15.7 Å². The molecule has 0 radical (unpaired) electrons. The van der Waals surface area contributed by atoms with Crippen LogP contribution < -0.4 is 5.32 Å². The van der Waals surface area contributed by atoms with Crippen LogP contribution in [0.4, 0.5) is 13.2 Å². The molecule has 1 aromatic rings. The van der Waals surface area contributed by atoms with Gasteiger partial charge in [-0.25, -0.2) is 0 Å². The Morgan fingerprint density at radius 1 is 1.31 bits per heavy atom. The Morgan fingerprint density at radius 3 is 2.62 bits per heavy atom. The normalized spacial score (nSPS) is 17.3. The van der Waals surface area contributed by atoms with Crippen molar-refractivity contribution in [1.82, 2.24) is 10.2 Å². The second-order valence-corrected chi connectivity index (χ2v) is 7.63. The maximum absolute atomic E-state index is 12.7. The first-order chi connectivity index (χ1) is 12.3. The Bertz CT molecular complexity index is 590. The van der Waals surface area contributed by atoms with Crippen LogP contribution in [0.3, 0.4) is 0 Å². The van der Waals surface area contributed by atoms with Crippen molar-refractivity contribution in [1.29, 1.82) is 0 Å². The van der Waals surface area contributed by atoms with Gasteiger partial charge in [0.25, 0.3) is 0 Å². The van der Waals surface area contributed by atoms with Gasteiger partial charge < -0.3 is 10.1 Å². The summed E-state index contributed by atoms with van der Waals surface area (Å²) in [5.41, 5.74) is -0.699. The van der Waals surface area contributed by atoms with Crippen LogP contribution in [0.25, 0.3) is 0 Å². The van der Waals surface area contributed by atoms with Crippen molar-refractivity contribution >= 4 is 17.7 Å². The number of hydrogen-bond acceptors (Lipinski definition) is 4. The van der Waals surface area contributed by atoms with E-state index >= 15 is 0 Å². The number of benzene rings is 1. The van der Waals surface area contributed by atoms with Crippen molar-refractivity contribution in [3.63, 3.8) is 0 Å². The number of morpholine rings is 1. The fourth-order valence-corrected chi connectivity index (χ4v) is 3.66. The molecule has 1 aromatic carbocycles. The van der Waals surface area contributed by atoms with Gasteiger partial charge in [0.05, 0.1) is 24.5 Å². The Hall–Kier alpha value is -1.25. The first kappa shape index (κ1) is 21.1. The summed E-state index contributed by atoms with van der Waals surface area (Å²) in [6.45, 7) is 7.84. The summed E-state index contributed by atoms with van der Waals surface area (Å²) in [5, 5.41) is 2.91. The molecule has 26 heavy (non-hydrogen) atoms. The van der Waals surface area contributed by atoms with E-state index in [-0.39, 0.29) is 17.7 Å². The maximum Gasteiger partial charge on any atom is 0.416 e. The van der Waals surface area contributed by atoms with Crippen LogP contribution in [0.1, 0.15) is 19.4 Å². The quantitative estimate of drug-likeness (QED) is 0.726. The van der Waals surface area contributed by atoms with Crippen LogP contribution in [0.2, 0.25) is 0 Å². The van der Waals surface area contributed by atoms with Gasteiger partial charge in [-0.05, 0) is 24.1 Å². The maximum atomic E-state index is 12.7. The third-order valence-electron chi connectivity index (χ3n) is 4.32. The van der Waals surface area contributed by atoms with E-state index in [9.17, 15) is 18.0 Å². The molecule has 1 amide bonds. The molecule has 1 fully saturated rings. The topological polar surface area (TPSA) is 41.6 Å². The van der Waals surface area contributed by atoms with Gasteiger partial charge >= 0.3 is 6.18 Å². The minimum atomic E-state index is -4.37. The van der Waals surface area contributed by atoms with Crippen LogP contribution in [-0.4, -0.2) is 55.4 Å². The molecule has 0 aliphatic carbocycles. The van der Waals surface area contributed by atoms with Gasteiger partial charge in [0.2, 0.25) is 5.91 Å². The molecule has 1 N–H and O–H groups in total. The largest absolute Gasteiger partial charge is 0.416 e. The van der Waals surface area contributed by atoms with Crippen LogP contribution >= 0.6 is 11.8 Å². The average Bonchev–Trinajstić information content (AvgIpc) is 2.60. The molecule has 0 bridgehead atoms. The molecule has 0 spiro atoms. The molecule has 146 valence electrons. The molecule has 1 aliphatic rings. The zero-order valence-electron chi connectivity index (χ0n) is 15.0. The number of alkyl halides is 3. The lowest BCUT2D eigenvalue weighted by Gasteiger charge is -2.36. The zero-order valence-corrected chi connectivity index (χ0v) is 15.8. The predicted octanol–water partition coefficient (Wildman–Crippen LogP) is 3.27. The fraction of sp³-hybridized carbons (Fsp3) is 0.611. The Morgan fingerprint density at radius 2 is 2.00 bits per heavy atom. The number of thioether (sulfide) groups is 1.